The molecule has 23 heavy (non-hydrogen) atoms. The molecule has 1 aromatic carbocycles. The molecule has 0 spiro atoms. The molecule has 4 rings (SSSR count). The summed E-state index contributed by atoms with van der Waals surface area (Å²) in [5, 5.41) is 7.61. The van der Waals surface area contributed by atoms with Crippen LogP contribution in [0, 0.1) is 6.92 Å². The van der Waals surface area contributed by atoms with Crippen LogP contribution in [-0.4, -0.2) is 42.3 Å². The molecular formula is C16H18N6O. The van der Waals surface area contributed by atoms with Crippen LogP contribution < -0.4 is 0 Å². The number of amides is 1. The lowest BCUT2D eigenvalue weighted by Gasteiger charge is -2.23. The number of H-pyrrole nitrogens is 1. The van der Waals surface area contributed by atoms with Gasteiger partial charge < -0.3 is 9.88 Å². The number of hydrogen-bond donors (Lipinski definition) is 1. The highest BCUT2D eigenvalue weighted by Crippen LogP contribution is 2.31. The largest absolute Gasteiger partial charge is 0.340 e. The number of aryl methyl sites for hydroxylation is 1. The summed E-state index contributed by atoms with van der Waals surface area (Å²) in [6.07, 6.45) is 5.20. The second-order valence-corrected chi connectivity index (χ2v) is 5.99. The highest BCUT2D eigenvalue weighted by atomic mass is 16.2. The Kier molecular flexibility index (Phi) is 3.33. The van der Waals surface area contributed by atoms with Crippen LogP contribution >= 0.6 is 0 Å². The van der Waals surface area contributed by atoms with Crippen LogP contribution in [0.5, 0.6) is 0 Å². The number of nitrogens with zero attached hydrogens (tertiary/aromatic N) is 5. The van der Waals surface area contributed by atoms with Crippen LogP contribution in [0.25, 0.3) is 11.0 Å². The van der Waals surface area contributed by atoms with Gasteiger partial charge in [0.15, 0.2) is 0 Å². The lowest BCUT2D eigenvalue weighted by Crippen LogP contribution is -2.34. The van der Waals surface area contributed by atoms with Gasteiger partial charge in [0, 0.05) is 12.7 Å². The van der Waals surface area contributed by atoms with Gasteiger partial charge in [0.2, 0.25) is 5.91 Å². The van der Waals surface area contributed by atoms with Crippen molar-refractivity contribution in [2.24, 2.45) is 0 Å². The fourth-order valence-electron chi connectivity index (χ4n) is 3.20. The number of benzene rings is 1. The highest BCUT2D eigenvalue weighted by Gasteiger charge is 2.32. The molecule has 0 bridgehead atoms. The molecule has 3 heterocycles. The van der Waals surface area contributed by atoms with Gasteiger partial charge in [0.1, 0.15) is 12.4 Å². The highest BCUT2D eigenvalue weighted by molar-refractivity contribution is 5.78. The van der Waals surface area contributed by atoms with E-state index in [4.69, 9.17) is 0 Å². The second-order valence-electron chi connectivity index (χ2n) is 5.99. The molecule has 1 N–H and O–H groups in total. The Labute approximate surface area is 133 Å². The van der Waals surface area contributed by atoms with Crippen molar-refractivity contribution in [2.75, 3.05) is 6.54 Å². The van der Waals surface area contributed by atoms with E-state index in [0.29, 0.717) is 0 Å². The second kappa shape index (κ2) is 5.49. The average molecular weight is 310 g/mol. The van der Waals surface area contributed by atoms with Crippen LogP contribution in [-0.2, 0) is 11.3 Å². The first-order chi connectivity index (χ1) is 11.2. The minimum absolute atomic E-state index is 0.0127. The molecule has 1 atom stereocenters. The van der Waals surface area contributed by atoms with Crippen molar-refractivity contribution < 1.29 is 4.79 Å². The van der Waals surface area contributed by atoms with E-state index in [9.17, 15) is 4.79 Å². The third-order valence-corrected chi connectivity index (χ3v) is 4.31. The van der Waals surface area contributed by atoms with Crippen LogP contribution in [0.1, 0.15) is 30.3 Å². The topological polar surface area (TPSA) is 79.7 Å². The summed E-state index contributed by atoms with van der Waals surface area (Å²) in [5.41, 5.74) is 3.16. The summed E-state index contributed by atoms with van der Waals surface area (Å²) in [6.45, 7) is 3.04. The monoisotopic (exact) mass is 310 g/mol. The van der Waals surface area contributed by atoms with Crippen molar-refractivity contribution in [3.05, 3.63) is 42.0 Å². The molecule has 1 aliphatic heterocycles. The zero-order chi connectivity index (χ0) is 15.8. The van der Waals surface area contributed by atoms with Crippen molar-refractivity contribution in [1.82, 2.24) is 29.9 Å². The number of hydrogen-bond acceptors (Lipinski definition) is 4. The minimum Gasteiger partial charge on any atom is -0.340 e. The Morgan fingerprint density at radius 2 is 2.35 bits per heavy atom. The van der Waals surface area contributed by atoms with Crippen molar-refractivity contribution >= 4 is 16.9 Å². The van der Waals surface area contributed by atoms with E-state index in [1.807, 2.05) is 11.0 Å². The Balaban J connectivity index is 1.59. The number of aromatic amines is 1. The van der Waals surface area contributed by atoms with Gasteiger partial charge in [-0.1, -0.05) is 11.3 Å². The Bertz CT molecular complexity index is 838. The molecule has 1 saturated heterocycles. The quantitative estimate of drug-likeness (QED) is 0.800. The first kappa shape index (κ1) is 13.9. The number of nitrogens with one attached hydrogen (secondary N) is 1. The van der Waals surface area contributed by atoms with E-state index in [0.717, 1.165) is 36.2 Å². The summed E-state index contributed by atoms with van der Waals surface area (Å²) in [5.74, 6) is 0.921. The van der Waals surface area contributed by atoms with E-state index >= 15 is 0 Å². The van der Waals surface area contributed by atoms with E-state index in [-0.39, 0.29) is 18.5 Å². The first-order valence-corrected chi connectivity index (χ1v) is 7.80. The molecule has 0 saturated carbocycles. The molecule has 7 heteroatoms. The summed E-state index contributed by atoms with van der Waals surface area (Å²) < 4.78 is 1.56. The number of likely N-dealkylation sites (tertiary alicyclic amines) is 1. The van der Waals surface area contributed by atoms with E-state index in [2.05, 4.69) is 39.3 Å². The molecule has 0 aliphatic carbocycles. The number of aromatic nitrogens is 5. The molecule has 118 valence electrons. The van der Waals surface area contributed by atoms with Crippen LogP contribution in [0.2, 0.25) is 0 Å². The average Bonchev–Trinajstić information content (AvgIpc) is 3.26. The van der Waals surface area contributed by atoms with Crippen molar-refractivity contribution in [3.8, 4) is 0 Å². The van der Waals surface area contributed by atoms with E-state index < -0.39 is 0 Å². The number of carbonyl (C=O) groups excluding carboxylic acids is 1. The van der Waals surface area contributed by atoms with Gasteiger partial charge in [-0.05, 0) is 37.5 Å². The predicted molar refractivity (Wildman–Crippen MR) is 84.5 cm³/mol. The maximum absolute atomic E-state index is 12.6. The smallest absolute Gasteiger partial charge is 0.244 e. The molecular weight excluding hydrogens is 292 g/mol. The van der Waals surface area contributed by atoms with Crippen molar-refractivity contribution in [1.29, 1.82) is 0 Å². The summed E-state index contributed by atoms with van der Waals surface area (Å²) in [7, 11) is 0. The zero-order valence-corrected chi connectivity index (χ0v) is 12.9. The maximum Gasteiger partial charge on any atom is 0.244 e. The Hall–Kier alpha value is -2.70. The summed E-state index contributed by atoms with van der Waals surface area (Å²) >= 11 is 0. The molecule has 2 aromatic heterocycles. The fraction of sp³-hybridized carbons (Fsp3) is 0.375. The van der Waals surface area contributed by atoms with E-state index in [1.54, 1.807) is 17.1 Å². The van der Waals surface area contributed by atoms with Gasteiger partial charge in [-0.25, -0.2) is 9.67 Å². The third kappa shape index (κ3) is 2.58. The van der Waals surface area contributed by atoms with Crippen LogP contribution in [0.4, 0.5) is 0 Å². The SMILES string of the molecule is Cc1ccc2nc([C@H]3CCCN3C(=O)Cn3ccnn3)[nH]c2c1. The summed E-state index contributed by atoms with van der Waals surface area (Å²) in [4.78, 5) is 22.5. The fourth-order valence-corrected chi connectivity index (χ4v) is 3.20. The predicted octanol–water partition coefficient (Wildman–Crippen LogP) is 1.83. The summed E-state index contributed by atoms with van der Waals surface area (Å²) in [6, 6.07) is 6.16. The van der Waals surface area contributed by atoms with Crippen LogP contribution in [0.15, 0.2) is 30.6 Å². The van der Waals surface area contributed by atoms with Gasteiger partial charge in [0.25, 0.3) is 0 Å². The van der Waals surface area contributed by atoms with Gasteiger partial charge in [-0.3, -0.25) is 4.79 Å². The first-order valence-electron chi connectivity index (χ1n) is 7.80. The van der Waals surface area contributed by atoms with Crippen molar-refractivity contribution in [2.45, 2.75) is 32.4 Å². The minimum atomic E-state index is 0.0127. The molecule has 0 radical (unpaired) electrons. The van der Waals surface area contributed by atoms with Crippen LogP contribution in [0.3, 0.4) is 0 Å². The Morgan fingerprint density at radius 1 is 1.43 bits per heavy atom. The molecule has 3 aromatic rings. The molecule has 1 amide bonds. The van der Waals surface area contributed by atoms with Gasteiger partial charge in [0.05, 0.1) is 23.3 Å². The van der Waals surface area contributed by atoms with Gasteiger partial charge in [-0.15, -0.1) is 5.10 Å². The number of rotatable bonds is 3. The molecule has 1 fully saturated rings. The van der Waals surface area contributed by atoms with Gasteiger partial charge in [-0.2, -0.15) is 0 Å². The maximum atomic E-state index is 12.6. The van der Waals surface area contributed by atoms with E-state index in [1.165, 1.54) is 5.56 Å². The normalized spacial score (nSPS) is 18.0. The molecule has 7 nitrogen and oxygen atoms in total. The third-order valence-electron chi connectivity index (χ3n) is 4.31. The van der Waals surface area contributed by atoms with Gasteiger partial charge >= 0.3 is 0 Å². The number of carbonyl (C=O) groups is 1. The lowest BCUT2D eigenvalue weighted by atomic mass is 10.2. The molecule has 1 aliphatic rings. The Morgan fingerprint density at radius 3 is 3.17 bits per heavy atom. The van der Waals surface area contributed by atoms with Crippen molar-refractivity contribution in [3.63, 3.8) is 0 Å². The lowest BCUT2D eigenvalue weighted by molar-refractivity contribution is -0.133. The number of fused-ring (bicyclic) bond motifs is 1. The number of imidazole rings is 1. The zero-order valence-electron chi connectivity index (χ0n) is 12.9. The molecule has 0 unspecified atom stereocenters. The standard InChI is InChI=1S/C16H18N6O/c1-11-4-5-12-13(9-11)19-16(18-12)14-3-2-7-22(14)15(23)10-21-8-6-17-20-21/h4-6,8-9,14H,2-3,7,10H2,1H3,(H,18,19)/t14-/m1/s1.